The number of aliphatic hydroxyl groups excluding tert-OH is 1. The van der Waals surface area contributed by atoms with Gasteiger partial charge in [0, 0.05) is 24.3 Å². The molecule has 0 bridgehead atoms. The number of esters is 1. The number of carbonyl (C=O) groups excluding carboxylic acids is 1. The Kier molecular flexibility index (Phi) is 9.11. The molecule has 0 heterocycles. The Bertz CT molecular complexity index is 1090. The smallest absolute Gasteiger partial charge is 0.338 e. The molecular weight excluding hydrogens is 426 g/mol. The molecule has 0 aromatic heterocycles. The Labute approximate surface area is 203 Å². The minimum atomic E-state index is -0.317. The van der Waals surface area contributed by atoms with E-state index in [2.05, 4.69) is 49.9 Å². The van der Waals surface area contributed by atoms with Crippen LogP contribution in [-0.4, -0.2) is 44.0 Å². The van der Waals surface area contributed by atoms with Gasteiger partial charge >= 0.3 is 5.97 Å². The fourth-order valence-electron chi connectivity index (χ4n) is 4.14. The second kappa shape index (κ2) is 12.2. The minimum absolute atomic E-state index is 0.0440. The van der Waals surface area contributed by atoms with Crippen molar-refractivity contribution in [1.82, 2.24) is 0 Å². The molecule has 1 N–H and O–H groups in total. The van der Waals surface area contributed by atoms with Crippen molar-refractivity contribution in [2.24, 2.45) is 0 Å². The van der Waals surface area contributed by atoms with Crippen LogP contribution < -0.4 is 9.64 Å². The molecule has 0 radical (unpaired) electrons. The maximum Gasteiger partial charge on any atom is 0.338 e. The first kappa shape index (κ1) is 25.3. The monoisotopic (exact) mass is 461 g/mol. The van der Waals surface area contributed by atoms with E-state index in [1.165, 1.54) is 11.3 Å². The van der Waals surface area contributed by atoms with Crippen LogP contribution in [0.1, 0.15) is 43.6 Å². The zero-order chi connectivity index (χ0) is 24.5. The van der Waals surface area contributed by atoms with Gasteiger partial charge < -0.3 is 19.5 Å². The summed E-state index contributed by atoms with van der Waals surface area (Å²) in [4.78, 5) is 14.4. The van der Waals surface area contributed by atoms with E-state index < -0.39 is 0 Å². The fraction of sp³-hybridized carbons (Fsp3) is 0.345. The second-order valence-electron chi connectivity index (χ2n) is 7.95. The van der Waals surface area contributed by atoms with Crippen LogP contribution in [0.25, 0.3) is 22.3 Å². The molecule has 5 nitrogen and oxygen atoms in total. The number of benzene rings is 3. The first-order valence-corrected chi connectivity index (χ1v) is 12.1. The predicted octanol–water partition coefficient (Wildman–Crippen LogP) is 5.98. The van der Waals surface area contributed by atoms with E-state index in [9.17, 15) is 9.90 Å². The maximum absolute atomic E-state index is 12.0. The number of nitrogens with zero attached hydrogens (tertiary/aromatic N) is 1. The lowest BCUT2D eigenvalue weighted by atomic mass is 9.95. The molecule has 0 saturated carbocycles. The molecule has 3 aromatic carbocycles. The molecule has 0 aliphatic rings. The van der Waals surface area contributed by atoms with E-state index in [4.69, 9.17) is 9.47 Å². The van der Waals surface area contributed by atoms with Crippen molar-refractivity contribution in [3.8, 4) is 28.0 Å². The molecule has 3 aromatic rings. The van der Waals surface area contributed by atoms with Gasteiger partial charge in [0.25, 0.3) is 0 Å². The summed E-state index contributed by atoms with van der Waals surface area (Å²) >= 11 is 0. The summed E-state index contributed by atoms with van der Waals surface area (Å²) in [5, 5.41) is 9.30. The molecule has 5 heteroatoms. The van der Waals surface area contributed by atoms with E-state index in [0.29, 0.717) is 12.2 Å². The lowest BCUT2D eigenvalue weighted by molar-refractivity contribution is 0.0526. The summed E-state index contributed by atoms with van der Waals surface area (Å²) in [5.74, 6) is 0.418. The lowest BCUT2D eigenvalue weighted by Gasteiger charge is -2.25. The zero-order valence-electron chi connectivity index (χ0n) is 20.6. The molecule has 180 valence electrons. The molecule has 0 aliphatic carbocycles. The third-order valence-electron chi connectivity index (χ3n) is 5.93. The molecule has 3 rings (SSSR count). The van der Waals surface area contributed by atoms with Gasteiger partial charge in [0.05, 0.1) is 18.8 Å². The van der Waals surface area contributed by atoms with E-state index in [1.807, 2.05) is 24.3 Å². The van der Waals surface area contributed by atoms with Crippen molar-refractivity contribution < 1.29 is 19.4 Å². The molecule has 0 fully saturated rings. The number of hydrogen-bond donors (Lipinski definition) is 1. The number of carbonyl (C=O) groups is 1. The highest BCUT2D eigenvalue weighted by atomic mass is 16.5. The lowest BCUT2D eigenvalue weighted by Crippen LogP contribution is -2.23. The third-order valence-corrected chi connectivity index (χ3v) is 5.93. The zero-order valence-corrected chi connectivity index (χ0v) is 20.6. The summed E-state index contributed by atoms with van der Waals surface area (Å²) in [5.41, 5.74) is 7.16. The van der Waals surface area contributed by atoms with Crippen LogP contribution in [0.5, 0.6) is 5.75 Å². The summed E-state index contributed by atoms with van der Waals surface area (Å²) < 4.78 is 11.0. The summed E-state index contributed by atoms with van der Waals surface area (Å²) in [6.45, 7) is 10.8. The van der Waals surface area contributed by atoms with E-state index in [1.54, 1.807) is 19.1 Å². The van der Waals surface area contributed by atoms with Crippen LogP contribution in [0.2, 0.25) is 0 Å². The predicted molar refractivity (Wildman–Crippen MR) is 139 cm³/mol. The van der Waals surface area contributed by atoms with E-state index >= 15 is 0 Å². The first-order chi connectivity index (χ1) is 16.6. The molecule has 34 heavy (non-hydrogen) atoms. The van der Waals surface area contributed by atoms with Crippen LogP contribution in [0, 0.1) is 0 Å². The average molecular weight is 462 g/mol. The third kappa shape index (κ3) is 5.78. The molecule has 0 spiro atoms. The Morgan fingerprint density at radius 2 is 1.53 bits per heavy atom. The number of aryl methyl sites for hydroxylation is 1. The van der Waals surface area contributed by atoms with Crippen LogP contribution in [-0.2, 0) is 11.2 Å². The number of rotatable bonds is 11. The van der Waals surface area contributed by atoms with Gasteiger partial charge in [0.2, 0.25) is 0 Å². The van der Waals surface area contributed by atoms with E-state index in [0.717, 1.165) is 47.5 Å². The molecule has 0 unspecified atom stereocenters. The van der Waals surface area contributed by atoms with Crippen molar-refractivity contribution in [3.63, 3.8) is 0 Å². The Morgan fingerprint density at radius 3 is 2.15 bits per heavy atom. The van der Waals surface area contributed by atoms with Gasteiger partial charge in [0.15, 0.2) is 0 Å². The standard InChI is InChI=1S/C29H35NO4/c1-5-21-19-25(13-15-27(21)30(6-2)7-3)26-20-24(14-16-28(26)34-18-17-31)22-9-11-23(12-10-22)29(32)33-8-4/h9-16,19-20,31H,5-8,17-18H2,1-4H3. The van der Waals surface area contributed by atoms with Crippen molar-refractivity contribution >= 4 is 11.7 Å². The summed E-state index contributed by atoms with van der Waals surface area (Å²) in [7, 11) is 0. The van der Waals surface area contributed by atoms with Crippen molar-refractivity contribution in [2.75, 3.05) is 37.8 Å². The quantitative estimate of drug-likeness (QED) is 0.356. The van der Waals surface area contributed by atoms with Crippen LogP contribution in [0.4, 0.5) is 5.69 Å². The Hall–Kier alpha value is -3.31. The minimum Gasteiger partial charge on any atom is -0.491 e. The number of ether oxygens (including phenoxy) is 2. The maximum atomic E-state index is 12.0. The number of aliphatic hydroxyl groups is 1. The molecule has 0 aliphatic heterocycles. The van der Waals surface area contributed by atoms with Gasteiger partial charge in [-0.25, -0.2) is 4.79 Å². The van der Waals surface area contributed by atoms with Gasteiger partial charge in [-0.2, -0.15) is 0 Å². The topological polar surface area (TPSA) is 59.0 Å². The molecule has 0 atom stereocenters. The Balaban J connectivity index is 2.04. The van der Waals surface area contributed by atoms with Gasteiger partial charge in [0.1, 0.15) is 12.4 Å². The van der Waals surface area contributed by atoms with Crippen molar-refractivity contribution in [1.29, 1.82) is 0 Å². The highest BCUT2D eigenvalue weighted by Gasteiger charge is 2.14. The highest BCUT2D eigenvalue weighted by molar-refractivity contribution is 5.90. The van der Waals surface area contributed by atoms with Gasteiger partial charge in [-0.1, -0.05) is 31.2 Å². The average Bonchev–Trinajstić information content (AvgIpc) is 2.88. The normalized spacial score (nSPS) is 10.7. The van der Waals surface area contributed by atoms with Crippen LogP contribution >= 0.6 is 0 Å². The van der Waals surface area contributed by atoms with Gasteiger partial charge in [-0.15, -0.1) is 0 Å². The number of hydrogen-bond acceptors (Lipinski definition) is 5. The first-order valence-electron chi connectivity index (χ1n) is 12.1. The van der Waals surface area contributed by atoms with Crippen LogP contribution in [0.3, 0.4) is 0 Å². The summed E-state index contributed by atoms with van der Waals surface area (Å²) in [6.07, 6.45) is 0.932. The Morgan fingerprint density at radius 1 is 0.853 bits per heavy atom. The highest BCUT2D eigenvalue weighted by Crippen LogP contribution is 2.37. The van der Waals surface area contributed by atoms with Gasteiger partial charge in [-0.05, 0) is 85.8 Å². The van der Waals surface area contributed by atoms with Crippen molar-refractivity contribution in [2.45, 2.75) is 34.1 Å². The SMILES string of the molecule is CCOC(=O)c1ccc(-c2ccc(OCCO)c(-c3ccc(N(CC)CC)c(CC)c3)c2)cc1. The molecular formula is C29H35NO4. The fourth-order valence-corrected chi connectivity index (χ4v) is 4.14. The number of anilines is 1. The van der Waals surface area contributed by atoms with Gasteiger partial charge in [-0.3, -0.25) is 0 Å². The molecule has 0 saturated heterocycles. The molecule has 0 amide bonds. The van der Waals surface area contributed by atoms with E-state index in [-0.39, 0.29) is 19.2 Å². The van der Waals surface area contributed by atoms with Crippen LogP contribution in [0.15, 0.2) is 60.7 Å². The largest absolute Gasteiger partial charge is 0.491 e. The second-order valence-corrected chi connectivity index (χ2v) is 7.95. The summed E-state index contributed by atoms with van der Waals surface area (Å²) in [6, 6.07) is 20.1. The van der Waals surface area contributed by atoms with Crippen molar-refractivity contribution in [3.05, 3.63) is 71.8 Å².